The maximum Gasteiger partial charge on any atom is 0.411 e. The largest absolute Gasteiger partial charge is 0.496 e. The van der Waals surface area contributed by atoms with Crippen LogP contribution < -0.4 is 4.74 Å². The minimum atomic E-state index is -1.17. The quantitative estimate of drug-likeness (QED) is 0.344. The number of halogens is 1. The van der Waals surface area contributed by atoms with Gasteiger partial charge in [0.1, 0.15) is 28.8 Å². The molecule has 8 heteroatoms. The summed E-state index contributed by atoms with van der Waals surface area (Å²) in [5.74, 6) is 0.452. The molecule has 2 aromatic rings. The Labute approximate surface area is 240 Å². The lowest BCUT2D eigenvalue weighted by atomic mass is 9.94. The molecule has 0 saturated carbocycles. The van der Waals surface area contributed by atoms with Crippen molar-refractivity contribution in [2.45, 2.75) is 99.9 Å². The highest BCUT2D eigenvalue weighted by Gasteiger charge is 2.49. The number of rotatable bonds is 5. The molecule has 7 nitrogen and oxygen atoms in total. The molecule has 2 atom stereocenters. The number of nitrogens with zero attached hydrogens (tertiary/aromatic N) is 2. The van der Waals surface area contributed by atoms with Gasteiger partial charge in [-0.05, 0) is 52.8 Å². The Kier molecular flexibility index (Phi) is 14.8. The highest BCUT2D eigenvalue weighted by Crippen LogP contribution is 2.33. The number of Topliss-reactive ketones (excluding diaryl/α,β-unsaturated/α-hetero) is 2. The van der Waals surface area contributed by atoms with Crippen LogP contribution in [0.15, 0.2) is 30.8 Å². The molecule has 0 N–H and O–H groups in total. The molecule has 1 aliphatic heterocycles. The molecule has 1 fully saturated rings. The smallest absolute Gasteiger partial charge is 0.411 e. The topological polar surface area (TPSA) is 85.8 Å². The predicted molar refractivity (Wildman–Crippen MR) is 162 cm³/mol. The van der Waals surface area contributed by atoms with Crippen molar-refractivity contribution >= 4 is 34.5 Å². The van der Waals surface area contributed by atoms with E-state index in [9.17, 15) is 18.8 Å². The van der Waals surface area contributed by atoms with E-state index in [4.69, 9.17) is 9.47 Å². The van der Waals surface area contributed by atoms with Crippen LogP contribution in [0, 0.1) is 5.92 Å². The summed E-state index contributed by atoms with van der Waals surface area (Å²) in [6.07, 6.45) is -0.114. The van der Waals surface area contributed by atoms with Crippen molar-refractivity contribution < 1.29 is 28.2 Å². The van der Waals surface area contributed by atoms with Crippen LogP contribution in [-0.4, -0.2) is 58.5 Å². The van der Waals surface area contributed by atoms with Gasteiger partial charge in [0, 0.05) is 23.1 Å². The number of ether oxygens (including phenoxy) is 2. The van der Waals surface area contributed by atoms with Crippen LogP contribution in [0.5, 0.6) is 5.75 Å². The maximum absolute atomic E-state index is 13.4. The maximum atomic E-state index is 13.4. The van der Waals surface area contributed by atoms with E-state index < -0.39 is 23.4 Å². The molecule has 0 bridgehead atoms. The van der Waals surface area contributed by atoms with Crippen LogP contribution >= 0.6 is 0 Å². The molecule has 0 unspecified atom stereocenters. The first-order valence-corrected chi connectivity index (χ1v) is 13.9. The normalized spacial score (nSPS) is 17.9. The molecule has 3 rings (SSSR count). The third-order valence-electron chi connectivity index (χ3n) is 6.01. The van der Waals surface area contributed by atoms with Gasteiger partial charge in [0.05, 0.1) is 19.3 Å². The Hall–Kier alpha value is -3.29. The number of amides is 1. The Morgan fingerprint density at radius 3 is 2.17 bits per heavy atom. The van der Waals surface area contributed by atoms with E-state index in [-0.39, 0.29) is 30.4 Å². The molecule has 1 saturated heterocycles. The lowest BCUT2D eigenvalue weighted by Crippen LogP contribution is -2.51. The van der Waals surface area contributed by atoms with Gasteiger partial charge in [-0.1, -0.05) is 60.3 Å². The van der Waals surface area contributed by atoms with Crippen molar-refractivity contribution in [1.82, 2.24) is 9.88 Å². The van der Waals surface area contributed by atoms with Gasteiger partial charge in [0.2, 0.25) is 0 Å². The molecule has 1 aliphatic rings. The van der Waals surface area contributed by atoms with E-state index >= 15 is 0 Å². The summed E-state index contributed by atoms with van der Waals surface area (Å²) in [6.45, 7) is 23.5. The zero-order valence-corrected chi connectivity index (χ0v) is 26.5. The minimum Gasteiger partial charge on any atom is -0.496 e. The van der Waals surface area contributed by atoms with Crippen LogP contribution in [0.2, 0.25) is 0 Å². The van der Waals surface area contributed by atoms with E-state index in [0.717, 1.165) is 16.5 Å². The van der Waals surface area contributed by atoms with Gasteiger partial charge >= 0.3 is 6.09 Å². The Bertz CT molecular complexity index is 1160. The van der Waals surface area contributed by atoms with Crippen molar-refractivity contribution in [2.75, 3.05) is 13.7 Å². The summed E-state index contributed by atoms with van der Waals surface area (Å²) in [4.78, 5) is 41.4. The van der Waals surface area contributed by atoms with Crippen molar-refractivity contribution in [3.05, 3.63) is 42.2 Å². The molecule has 224 valence electrons. The standard InChI is InChI=1S/C16H17NO2.C12H20FNO3.2C2H6/c1-5-11-9-13-12(7-6-8-14(13)19-4)15(17-11)16(18)10(2)3;1-8(15)12(5)6-9(13)7-14(12)10(16)17-11(2,3)4;2*1-2/h5-10H,1H2,2-4H3;9H,6-7H2,1-5H3;2*1-2H3/t;9-,12+;;/m.1../s1. The first-order valence-electron chi connectivity index (χ1n) is 13.9. The summed E-state index contributed by atoms with van der Waals surface area (Å²) in [7, 11) is 1.62. The minimum absolute atomic E-state index is 0.0296. The zero-order chi connectivity index (χ0) is 31.4. The Balaban J connectivity index is 0.000000680. The average Bonchev–Trinajstić information content (AvgIpc) is 3.24. The number of methoxy groups -OCH3 is 1. The van der Waals surface area contributed by atoms with Crippen LogP contribution in [0.3, 0.4) is 0 Å². The van der Waals surface area contributed by atoms with E-state index in [2.05, 4.69) is 11.6 Å². The summed E-state index contributed by atoms with van der Waals surface area (Å²) < 4.78 is 24.0. The SMILES string of the molecule is C=Cc1cc2c(OC)cccc2c(C(=O)C(C)C)n1.CC.CC.CC(=O)[C@]1(C)C[C@@H](F)CN1C(=O)OC(C)(C)C. The van der Waals surface area contributed by atoms with Gasteiger partial charge in [0.25, 0.3) is 0 Å². The highest BCUT2D eigenvalue weighted by atomic mass is 19.1. The average molecular weight is 561 g/mol. The number of hydrogen-bond acceptors (Lipinski definition) is 6. The molecule has 0 aliphatic carbocycles. The van der Waals surface area contributed by atoms with Gasteiger partial charge in [-0.15, -0.1) is 0 Å². The molecule has 1 aromatic heterocycles. The summed E-state index contributed by atoms with van der Waals surface area (Å²) in [6, 6.07) is 7.53. The van der Waals surface area contributed by atoms with E-state index in [0.29, 0.717) is 11.4 Å². The molecule has 0 spiro atoms. The van der Waals surface area contributed by atoms with Gasteiger partial charge < -0.3 is 9.47 Å². The van der Waals surface area contributed by atoms with Crippen molar-refractivity contribution in [2.24, 2.45) is 5.92 Å². The number of hydrogen-bond donors (Lipinski definition) is 0. The molecule has 2 heterocycles. The summed E-state index contributed by atoms with van der Waals surface area (Å²) in [5.41, 5.74) is -0.562. The first-order chi connectivity index (χ1) is 18.6. The fraction of sp³-hybridized carbons (Fsp3) is 0.562. The summed E-state index contributed by atoms with van der Waals surface area (Å²) >= 11 is 0. The van der Waals surface area contributed by atoms with Gasteiger partial charge in [0.15, 0.2) is 11.6 Å². The molecule has 1 amide bonds. The van der Waals surface area contributed by atoms with E-state index in [1.165, 1.54) is 11.8 Å². The van der Waals surface area contributed by atoms with Crippen LogP contribution in [0.1, 0.15) is 98.8 Å². The number of likely N-dealkylation sites (tertiary alicyclic amines) is 1. The van der Waals surface area contributed by atoms with Crippen LogP contribution in [0.25, 0.3) is 16.8 Å². The number of ketones is 2. The third kappa shape index (κ3) is 9.42. The zero-order valence-electron chi connectivity index (χ0n) is 26.5. The Morgan fingerprint density at radius 2 is 1.73 bits per heavy atom. The molecule has 0 radical (unpaired) electrons. The number of aromatic nitrogens is 1. The predicted octanol–water partition coefficient (Wildman–Crippen LogP) is 8.09. The summed E-state index contributed by atoms with van der Waals surface area (Å²) in [5, 5.41) is 1.71. The number of fused-ring (bicyclic) bond motifs is 1. The van der Waals surface area contributed by atoms with Gasteiger partial charge in [-0.2, -0.15) is 0 Å². The highest BCUT2D eigenvalue weighted by molar-refractivity contribution is 6.08. The van der Waals surface area contributed by atoms with Crippen molar-refractivity contribution in [3.8, 4) is 5.75 Å². The molecule has 1 aromatic carbocycles. The fourth-order valence-corrected chi connectivity index (χ4v) is 3.95. The van der Waals surface area contributed by atoms with Crippen molar-refractivity contribution in [1.29, 1.82) is 0 Å². The Morgan fingerprint density at radius 1 is 1.15 bits per heavy atom. The number of alkyl halides is 1. The van der Waals surface area contributed by atoms with Gasteiger partial charge in [-0.3, -0.25) is 14.5 Å². The van der Waals surface area contributed by atoms with Crippen LogP contribution in [-0.2, 0) is 9.53 Å². The van der Waals surface area contributed by atoms with Crippen LogP contribution in [0.4, 0.5) is 9.18 Å². The second-order valence-electron chi connectivity index (χ2n) is 10.4. The number of carbonyl (C=O) groups is 3. The second-order valence-corrected chi connectivity index (χ2v) is 10.4. The fourth-order valence-electron chi connectivity index (χ4n) is 3.95. The molecular weight excluding hydrogens is 511 g/mol. The van der Waals surface area contributed by atoms with Gasteiger partial charge in [-0.25, -0.2) is 14.2 Å². The number of carbonyl (C=O) groups excluding carboxylic acids is 3. The van der Waals surface area contributed by atoms with E-state index in [1.807, 2.05) is 65.8 Å². The monoisotopic (exact) mass is 560 g/mol. The third-order valence-corrected chi connectivity index (χ3v) is 6.01. The lowest BCUT2D eigenvalue weighted by Gasteiger charge is -2.33. The number of pyridine rings is 1. The lowest BCUT2D eigenvalue weighted by molar-refractivity contribution is -0.126. The molecular formula is C32H49FN2O5. The number of benzene rings is 1. The second kappa shape index (κ2) is 16.1. The first kappa shape index (κ1) is 36.7. The van der Waals surface area contributed by atoms with Crippen molar-refractivity contribution in [3.63, 3.8) is 0 Å². The molecule has 40 heavy (non-hydrogen) atoms. The van der Waals surface area contributed by atoms with E-state index in [1.54, 1.807) is 40.9 Å².